The molecule has 4 heteroatoms. The Kier molecular flexibility index (Phi) is 3.96. The molecule has 18 heavy (non-hydrogen) atoms. The molecule has 0 aliphatic heterocycles. The van der Waals surface area contributed by atoms with Gasteiger partial charge in [0, 0.05) is 0 Å². The highest BCUT2D eigenvalue weighted by atomic mass is 16.5. The molecule has 0 unspecified atom stereocenters. The van der Waals surface area contributed by atoms with Crippen LogP contribution in [0.5, 0.6) is 0 Å². The van der Waals surface area contributed by atoms with E-state index in [0.29, 0.717) is 11.4 Å². The molecular formula is C14H12N2O2. The first-order valence-electron chi connectivity index (χ1n) is 5.46. The highest BCUT2D eigenvalue weighted by Gasteiger charge is 1.93. The van der Waals surface area contributed by atoms with E-state index >= 15 is 0 Å². The Hall–Kier alpha value is -2.30. The Labute approximate surface area is 105 Å². The van der Waals surface area contributed by atoms with E-state index in [1.807, 2.05) is 47.4 Å². The standard InChI is InChI=1S/C14H12N2O2/c17-15-13-8-6-11(7-9-13)4-5-12-2-1-3-14(10-12)16-18/h1-10,15-16H/b5-4+. The fraction of sp³-hybridized carbons (Fsp3) is 0. The minimum atomic E-state index is 0.531. The zero-order valence-electron chi connectivity index (χ0n) is 9.59. The second kappa shape index (κ2) is 5.86. The van der Waals surface area contributed by atoms with Crippen LogP contribution in [-0.2, 0) is 10.4 Å². The second-order valence-corrected chi connectivity index (χ2v) is 3.78. The Morgan fingerprint density at radius 2 is 1.39 bits per heavy atom. The van der Waals surface area contributed by atoms with Crippen molar-refractivity contribution in [3.05, 3.63) is 59.7 Å². The lowest BCUT2D eigenvalue weighted by Crippen LogP contribution is -1.86. The van der Waals surface area contributed by atoms with Gasteiger partial charge in [-0.3, -0.25) is 0 Å². The van der Waals surface area contributed by atoms with Gasteiger partial charge in [-0.2, -0.15) is 0 Å². The summed E-state index contributed by atoms with van der Waals surface area (Å²) in [6.07, 6.45) is 3.82. The monoisotopic (exact) mass is 240 g/mol. The number of hydrogen-bond acceptors (Lipinski definition) is 2. The topological polar surface area (TPSA) is 63.9 Å². The Morgan fingerprint density at radius 1 is 0.722 bits per heavy atom. The van der Waals surface area contributed by atoms with Gasteiger partial charge in [-0.1, -0.05) is 46.8 Å². The summed E-state index contributed by atoms with van der Waals surface area (Å²) in [6.45, 7) is 0. The van der Waals surface area contributed by atoms with Crippen molar-refractivity contribution in [2.45, 2.75) is 0 Å². The third kappa shape index (κ3) is 3.10. The van der Waals surface area contributed by atoms with Crippen molar-refractivity contribution in [3.8, 4) is 0 Å². The van der Waals surface area contributed by atoms with Crippen LogP contribution < -0.4 is 11.0 Å². The van der Waals surface area contributed by atoms with E-state index < -0.39 is 0 Å². The van der Waals surface area contributed by atoms with E-state index in [0.717, 1.165) is 11.1 Å². The highest BCUT2D eigenvalue weighted by Crippen LogP contribution is 2.14. The molecule has 4 nitrogen and oxygen atoms in total. The van der Waals surface area contributed by atoms with Gasteiger partial charge in [-0.25, -0.2) is 11.0 Å². The number of hydrogen-bond donors (Lipinski definition) is 2. The lowest BCUT2D eigenvalue weighted by molar-refractivity contribution is 0.274. The lowest BCUT2D eigenvalue weighted by Gasteiger charge is -1.99. The summed E-state index contributed by atoms with van der Waals surface area (Å²) >= 11 is 0. The van der Waals surface area contributed by atoms with Gasteiger partial charge < -0.3 is 0 Å². The summed E-state index contributed by atoms with van der Waals surface area (Å²) in [6, 6.07) is 14.3. The van der Waals surface area contributed by atoms with Crippen molar-refractivity contribution in [2.75, 3.05) is 11.0 Å². The minimum Gasteiger partial charge on any atom is -0.233 e. The molecule has 2 N–H and O–H groups in total. The van der Waals surface area contributed by atoms with Crippen LogP contribution in [0, 0.1) is 0 Å². The summed E-state index contributed by atoms with van der Waals surface area (Å²) in [5, 5.41) is 20.9. The lowest BCUT2D eigenvalue weighted by atomic mass is 10.1. The third-order valence-corrected chi connectivity index (χ3v) is 2.50. The van der Waals surface area contributed by atoms with Gasteiger partial charge in [-0.05, 0) is 35.4 Å². The molecule has 0 spiro atoms. The SMILES string of the molecule is [O]Nc1ccc(/C=C/c2cccc(N[O])c2)cc1. The quantitative estimate of drug-likeness (QED) is 0.635. The zero-order valence-corrected chi connectivity index (χ0v) is 9.59. The number of benzene rings is 2. The molecule has 0 aliphatic carbocycles. The highest BCUT2D eigenvalue weighted by molar-refractivity contribution is 5.71. The van der Waals surface area contributed by atoms with Crippen LogP contribution in [0.1, 0.15) is 11.1 Å². The summed E-state index contributed by atoms with van der Waals surface area (Å²) in [7, 11) is 0. The predicted molar refractivity (Wildman–Crippen MR) is 70.4 cm³/mol. The van der Waals surface area contributed by atoms with Crippen molar-refractivity contribution in [2.24, 2.45) is 0 Å². The van der Waals surface area contributed by atoms with E-state index in [4.69, 9.17) is 0 Å². The summed E-state index contributed by atoms with van der Waals surface area (Å²) < 4.78 is 0. The van der Waals surface area contributed by atoms with Crippen LogP contribution in [0.15, 0.2) is 48.5 Å². The predicted octanol–water partition coefficient (Wildman–Crippen LogP) is 3.37. The Bertz CT molecular complexity index is 536. The van der Waals surface area contributed by atoms with E-state index in [1.165, 1.54) is 0 Å². The van der Waals surface area contributed by atoms with Gasteiger partial charge in [0.05, 0.1) is 11.4 Å². The van der Waals surface area contributed by atoms with Crippen molar-refractivity contribution in [1.29, 1.82) is 0 Å². The van der Waals surface area contributed by atoms with Crippen LogP contribution in [0.2, 0.25) is 0 Å². The molecule has 0 atom stereocenters. The van der Waals surface area contributed by atoms with Gasteiger partial charge in [-0.15, -0.1) is 0 Å². The molecule has 0 saturated carbocycles. The molecule has 90 valence electrons. The third-order valence-electron chi connectivity index (χ3n) is 2.50. The van der Waals surface area contributed by atoms with Crippen LogP contribution in [-0.4, -0.2) is 0 Å². The molecule has 0 heterocycles. The van der Waals surface area contributed by atoms with E-state index in [2.05, 4.69) is 0 Å². The maximum absolute atomic E-state index is 10.5. The first kappa shape index (κ1) is 12.2. The molecule has 2 aromatic rings. The number of nitrogens with one attached hydrogen (secondary N) is 2. The van der Waals surface area contributed by atoms with Gasteiger partial charge in [0.2, 0.25) is 0 Å². The van der Waals surface area contributed by atoms with Crippen LogP contribution in [0.4, 0.5) is 11.4 Å². The van der Waals surface area contributed by atoms with E-state index in [9.17, 15) is 10.4 Å². The van der Waals surface area contributed by atoms with Gasteiger partial charge in [0.1, 0.15) is 0 Å². The molecule has 0 bridgehead atoms. The van der Waals surface area contributed by atoms with Crippen molar-refractivity contribution >= 4 is 23.5 Å². The maximum atomic E-state index is 10.5. The summed E-state index contributed by atoms with van der Waals surface area (Å²) in [4.78, 5) is 0. The maximum Gasteiger partial charge on any atom is 0.0641 e. The number of anilines is 2. The van der Waals surface area contributed by atoms with Gasteiger partial charge in [0.15, 0.2) is 0 Å². The molecule has 0 fully saturated rings. The average molecular weight is 240 g/mol. The van der Waals surface area contributed by atoms with Gasteiger partial charge in [0.25, 0.3) is 0 Å². The molecule has 0 amide bonds. The van der Waals surface area contributed by atoms with E-state index in [-0.39, 0.29) is 0 Å². The molecule has 2 radical (unpaired) electrons. The van der Waals surface area contributed by atoms with E-state index in [1.54, 1.807) is 24.3 Å². The average Bonchev–Trinajstić information content (AvgIpc) is 2.46. The zero-order chi connectivity index (χ0) is 12.8. The largest absolute Gasteiger partial charge is 0.233 e. The molecule has 0 saturated heterocycles. The molecule has 0 aromatic heterocycles. The second-order valence-electron chi connectivity index (χ2n) is 3.78. The molecule has 2 aromatic carbocycles. The number of rotatable bonds is 4. The fourth-order valence-electron chi connectivity index (χ4n) is 1.56. The molecular weight excluding hydrogens is 228 g/mol. The van der Waals surface area contributed by atoms with Crippen molar-refractivity contribution < 1.29 is 10.4 Å². The Morgan fingerprint density at radius 3 is 2.06 bits per heavy atom. The smallest absolute Gasteiger partial charge is 0.0641 e. The van der Waals surface area contributed by atoms with Crippen LogP contribution in [0.25, 0.3) is 12.2 Å². The first-order chi connectivity index (χ1) is 8.81. The molecule has 2 rings (SSSR count). The minimum absolute atomic E-state index is 0.531. The van der Waals surface area contributed by atoms with Crippen LogP contribution >= 0.6 is 0 Å². The van der Waals surface area contributed by atoms with Crippen molar-refractivity contribution in [3.63, 3.8) is 0 Å². The molecule has 0 aliphatic rings. The summed E-state index contributed by atoms with van der Waals surface area (Å²) in [5.41, 5.74) is 6.66. The van der Waals surface area contributed by atoms with Crippen molar-refractivity contribution in [1.82, 2.24) is 0 Å². The van der Waals surface area contributed by atoms with Crippen LogP contribution in [0.3, 0.4) is 0 Å². The first-order valence-corrected chi connectivity index (χ1v) is 5.46. The van der Waals surface area contributed by atoms with Gasteiger partial charge >= 0.3 is 0 Å². The summed E-state index contributed by atoms with van der Waals surface area (Å²) in [5.74, 6) is 0. The fourth-order valence-corrected chi connectivity index (χ4v) is 1.56. The normalized spacial score (nSPS) is 10.6. The Balaban J connectivity index is 2.13.